The Morgan fingerprint density at radius 3 is 1.71 bits per heavy atom. The van der Waals surface area contributed by atoms with Gasteiger partial charge in [-0.2, -0.15) is 0 Å². The Bertz CT molecular complexity index is 3230. The van der Waals surface area contributed by atoms with Crippen molar-refractivity contribution in [1.82, 2.24) is 9.55 Å². The molecule has 9 rings (SSSR count). The highest BCUT2D eigenvalue weighted by molar-refractivity contribution is 6.09. The molecule has 0 fully saturated rings. The molecule has 70 heavy (non-hydrogen) atoms. The highest BCUT2D eigenvalue weighted by atomic mass is 16.5. The fourth-order valence-electron chi connectivity index (χ4n) is 10.8. The topological polar surface area (TPSA) is 33.5 Å². The molecule has 0 atom stereocenters. The van der Waals surface area contributed by atoms with Gasteiger partial charge in [0.2, 0.25) is 0 Å². The van der Waals surface area contributed by atoms with Crippen molar-refractivity contribution >= 4 is 33.2 Å². The molecular weight excluding hydrogens is 853 g/mol. The van der Waals surface area contributed by atoms with Crippen molar-refractivity contribution in [2.45, 2.75) is 127 Å². The van der Waals surface area contributed by atoms with Crippen molar-refractivity contribution in [2.75, 3.05) is 16.5 Å². The Morgan fingerprint density at radius 2 is 1.07 bits per heavy atom. The number of hydrogen-bond acceptors (Lipinski definition) is 4. The number of nitrogens with zero attached hydrogens (tertiary/aromatic N) is 4. The summed E-state index contributed by atoms with van der Waals surface area (Å²) in [5, 5.41) is 2.35. The van der Waals surface area contributed by atoms with Gasteiger partial charge < -0.3 is 14.5 Å². The van der Waals surface area contributed by atoms with Crippen LogP contribution in [0.2, 0.25) is 0 Å². The molecule has 1 aliphatic heterocycles. The third-order valence-electron chi connectivity index (χ3n) is 14.4. The van der Waals surface area contributed by atoms with E-state index in [0.717, 1.165) is 45.0 Å². The second-order valence-electron chi connectivity index (χ2n) is 23.9. The summed E-state index contributed by atoms with van der Waals surface area (Å²) >= 11 is 0. The standard InChI is InChI=1S/C65H74N4O/c1-42(2)52-28-22-29-53(43(3)4)59(52)44-35-49(68-41-67(60(63(8,9)10)61(68)64(11,12)13)48-26-21-25-47(37-48)65(14,15)45-23-17-16-18-24-45)39-51(36-44)70-50-31-32-55-54-27-19-20-30-56(54)69(57(55)40-50)58-38-46(33-34-66-58)62(5,6)7/h16-40,42-43H,41H2,1-15H3. The van der Waals surface area contributed by atoms with Crippen LogP contribution in [-0.4, -0.2) is 16.2 Å². The Morgan fingerprint density at radius 1 is 0.471 bits per heavy atom. The number of hydrogen-bond donors (Lipinski definition) is 0. The van der Waals surface area contributed by atoms with E-state index in [1.807, 2.05) is 6.20 Å². The van der Waals surface area contributed by atoms with Gasteiger partial charge in [-0.1, -0.05) is 183 Å². The van der Waals surface area contributed by atoms with Crippen LogP contribution in [0.5, 0.6) is 11.5 Å². The van der Waals surface area contributed by atoms with Gasteiger partial charge in [-0.15, -0.1) is 0 Å². The lowest BCUT2D eigenvalue weighted by atomic mass is 9.78. The molecule has 1 aliphatic rings. The molecule has 0 unspecified atom stereocenters. The van der Waals surface area contributed by atoms with Crippen molar-refractivity contribution < 1.29 is 4.74 Å². The summed E-state index contributed by atoms with van der Waals surface area (Å²) < 4.78 is 9.54. The lowest BCUT2D eigenvalue weighted by Gasteiger charge is -2.34. The second-order valence-corrected chi connectivity index (χ2v) is 23.9. The zero-order valence-electron chi connectivity index (χ0n) is 44.5. The quantitative estimate of drug-likeness (QED) is 0.137. The van der Waals surface area contributed by atoms with Gasteiger partial charge in [-0.3, -0.25) is 4.57 Å². The summed E-state index contributed by atoms with van der Waals surface area (Å²) in [6, 6.07) is 53.5. The zero-order valence-corrected chi connectivity index (χ0v) is 44.5. The first-order valence-corrected chi connectivity index (χ1v) is 25.4. The fourth-order valence-corrected chi connectivity index (χ4v) is 10.8. The minimum absolute atomic E-state index is 0.0253. The van der Waals surface area contributed by atoms with Gasteiger partial charge in [0, 0.05) is 68.1 Å². The van der Waals surface area contributed by atoms with E-state index < -0.39 is 0 Å². The van der Waals surface area contributed by atoms with Gasteiger partial charge in [-0.25, -0.2) is 4.98 Å². The van der Waals surface area contributed by atoms with E-state index in [2.05, 4.69) is 264 Å². The molecule has 0 bridgehead atoms. The number of fused-ring (bicyclic) bond motifs is 3. The number of aromatic nitrogens is 2. The molecule has 0 spiro atoms. The molecule has 0 aliphatic carbocycles. The zero-order chi connectivity index (χ0) is 50.1. The summed E-state index contributed by atoms with van der Waals surface area (Å²) in [4.78, 5) is 10.1. The molecule has 0 saturated carbocycles. The summed E-state index contributed by atoms with van der Waals surface area (Å²) in [6.07, 6.45) is 1.94. The maximum atomic E-state index is 7.25. The number of benzene rings is 6. The van der Waals surface area contributed by atoms with Crippen LogP contribution in [-0.2, 0) is 10.8 Å². The van der Waals surface area contributed by atoms with Crippen molar-refractivity contribution in [2.24, 2.45) is 10.8 Å². The van der Waals surface area contributed by atoms with E-state index in [1.54, 1.807) is 0 Å². The first kappa shape index (κ1) is 48.4. The first-order chi connectivity index (χ1) is 33.0. The summed E-state index contributed by atoms with van der Waals surface area (Å²) in [5.74, 6) is 3.12. The van der Waals surface area contributed by atoms with Crippen molar-refractivity contribution in [1.29, 1.82) is 0 Å². The normalized spacial score (nSPS) is 14.0. The molecule has 5 nitrogen and oxygen atoms in total. The first-order valence-electron chi connectivity index (χ1n) is 25.4. The second kappa shape index (κ2) is 18.0. The van der Waals surface area contributed by atoms with Gasteiger partial charge >= 0.3 is 0 Å². The highest BCUT2D eigenvalue weighted by Gasteiger charge is 2.42. The molecule has 0 N–H and O–H groups in total. The average molecular weight is 927 g/mol. The molecular formula is C65H74N4O. The van der Waals surface area contributed by atoms with Crippen LogP contribution in [0.3, 0.4) is 0 Å². The maximum absolute atomic E-state index is 7.25. The predicted molar refractivity (Wildman–Crippen MR) is 298 cm³/mol. The number of para-hydroxylation sites is 1. The molecule has 6 aromatic carbocycles. The van der Waals surface area contributed by atoms with E-state index in [4.69, 9.17) is 9.72 Å². The van der Waals surface area contributed by atoms with Gasteiger partial charge in [-0.05, 0) is 111 Å². The molecule has 8 aromatic rings. The average Bonchev–Trinajstić information content (AvgIpc) is 3.90. The van der Waals surface area contributed by atoms with Crippen LogP contribution in [0, 0.1) is 10.8 Å². The largest absolute Gasteiger partial charge is 0.457 e. The Balaban J connectivity index is 1.24. The molecule has 3 heterocycles. The molecule has 2 aromatic heterocycles. The smallest absolute Gasteiger partial charge is 0.137 e. The third-order valence-corrected chi connectivity index (χ3v) is 14.4. The monoisotopic (exact) mass is 927 g/mol. The summed E-state index contributed by atoms with van der Waals surface area (Å²) in [7, 11) is 0. The van der Waals surface area contributed by atoms with Crippen LogP contribution >= 0.6 is 0 Å². The van der Waals surface area contributed by atoms with E-state index in [1.165, 1.54) is 55.8 Å². The molecule has 360 valence electrons. The van der Waals surface area contributed by atoms with E-state index in [0.29, 0.717) is 18.5 Å². The Labute approximate surface area is 418 Å². The molecule has 0 amide bonds. The van der Waals surface area contributed by atoms with Gasteiger partial charge in [0.1, 0.15) is 17.3 Å². The van der Waals surface area contributed by atoms with E-state index in [9.17, 15) is 0 Å². The van der Waals surface area contributed by atoms with Gasteiger partial charge in [0.15, 0.2) is 0 Å². The summed E-state index contributed by atoms with van der Waals surface area (Å²) in [6.45, 7) is 35.5. The molecule has 0 saturated heterocycles. The van der Waals surface area contributed by atoms with Crippen LogP contribution < -0.4 is 14.5 Å². The lowest BCUT2D eigenvalue weighted by molar-refractivity contribution is 0.444. The molecule has 5 heteroatoms. The number of ether oxygens (including phenoxy) is 1. The minimum atomic E-state index is -0.203. The number of anilines is 2. The highest BCUT2D eigenvalue weighted by Crippen LogP contribution is 2.50. The maximum Gasteiger partial charge on any atom is 0.137 e. The van der Waals surface area contributed by atoms with Crippen LogP contribution in [0.1, 0.15) is 144 Å². The predicted octanol–water partition coefficient (Wildman–Crippen LogP) is 18.1. The lowest BCUT2D eigenvalue weighted by Crippen LogP contribution is -2.31. The van der Waals surface area contributed by atoms with Crippen LogP contribution in [0.4, 0.5) is 11.4 Å². The number of rotatable bonds is 10. The van der Waals surface area contributed by atoms with Gasteiger partial charge in [0.25, 0.3) is 0 Å². The fraction of sp³-hybridized carbons (Fsp3) is 0.338. The van der Waals surface area contributed by atoms with E-state index in [-0.39, 0.29) is 21.7 Å². The SMILES string of the molecule is CC(C)c1cccc(C(C)C)c1-c1cc(Oc2ccc3c4ccccc4n(-c4cc(C(C)(C)C)ccn4)c3c2)cc(N2CN(c3cccc(C(C)(C)c4ccccc4)c3)C(C(C)(C)C)=C2C(C)(C)C)c1. The van der Waals surface area contributed by atoms with Crippen molar-refractivity contribution in [3.8, 4) is 28.4 Å². The minimum Gasteiger partial charge on any atom is -0.457 e. The molecule has 0 radical (unpaired) electrons. The third kappa shape index (κ3) is 9.04. The van der Waals surface area contributed by atoms with Crippen molar-refractivity contribution in [3.63, 3.8) is 0 Å². The van der Waals surface area contributed by atoms with Crippen molar-refractivity contribution in [3.05, 3.63) is 191 Å². The van der Waals surface area contributed by atoms with Gasteiger partial charge in [0.05, 0.1) is 17.7 Å². The summed E-state index contributed by atoms with van der Waals surface area (Å²) in [5.41, 5.74) is 15.5. The van der Waals surface area contributed by atoms with E-state index >= 15 is 0 Å². The number of allylic oxidation sites excluding steroid dienone is 2. The Hall–Kier alpha value is -6.59. The van der Waals surface area contributed by atoms with Crippen LogP contribution in [0.15, 0.2) is 163 Å². The Kier molecular flexibility index (Phi) is 12.4. The number of pyridine rings is 1. The van der Waals surface area contributed by atoms with Crippen LogP contribution in [0.25, 0.3) is 38.8 Å².